The van der Waals surface area contributed by atoms with Crippen LogP contribution in [0.3, 0.4) is 0 Å². The summed E-state index contributed by atoms with van der Waals surface area (Å²) < 4.78 is 0.283. The summed E-state index contributed by atoms with van der Waals surface area (Å²) in [6.45, 7) is 3.39. The Morgan fingerprint density at radius 2 is 1.67 bits per heavy atom. The number of hydrogen-bond acceptors (Lipinski definition) is 4. The van der Waals surface area contributed by atoms with Crippen LogP contribution < -0.4 is 5.43 Å². The molecule has 27 heavy (non-hydrogen) atoms. The normalized spacial score (nSPS) is 15.7. The average molecular weight is 390 g/mol. The highest BCUT2D eigenvalue weighted by molar-refractivity contribution is 8.26. The van der Waals surface area contributed by atoms with Crippen molar-refractivity contribution in [2.45, 2.75) is 0 Å². The van der Waals surface area contributed by atoms with Crippen LogP contribution in [0.5, 0.6) is 0 Å². The van der Waals surface area contributed by atoms with Crippen LogP contribution in [-0.4, -0.2) is 21.1 Å². The molecule has 6 heteroatoms. The second-order valence-corrected chi connectivity index (χ2v) is 7.61. The Bertz CT molecular complexity index is 1110. The molecule has 132 valence electrons. The van der Waals surface area contributed by atoms with E-state index in [1.807, 2.05) is 42.5 Å². The van der Waals surface area contributed by atoms with E-state index in [0.29, 0.717) is 4.91 Å². The average Bonchev–Trinajstić information content (AvgIpc) is 2.95. The summed E-state index contributed by atoms with van der Waals surface area (Å²) in [5.74, 6) is -0.833. The van der Waals surface area contributed by atoms with Gasteiger partial charge < -0.3 is 0 Å². The molecule has 3 aromatic rings. The molecule has 0 aromatic heterocycles. The first-order chi connectivity index (χ1) is 13.1. The third-order valence-electron chi connectivity index (χ3n) is 4.29. The zero-order valence-electron chi connectivity index (χ0n) is 14.1. The Balaban J connectivity index is 1.87. The quantitative estimate of drug-likeness (QED) is 0.409. The standard InChI is InChI=1S/C21H14N2O2S2/c1-2-19(24)22-23-20(25)18(27-21(23)26)12-17-15-9-5-3-7-13(15)11-14-8-4-6-10-16(14)17/h2-12H,1H2,(H,22,24)/b18-12-. The van der Waals surface area contributed by atoms with Crippen LogP contribution in [0.25, 0.3) is 27.6 Å². The van der Waals surface area contributed by atoms with Crippen molar-refractivity contribution in [2.24, 2.45) is 0 Å². The van der Waals surface area contributed by atoms with E-state index in [9.17, 15) is 9.59 Å². The van der Waals surface area contributed by atoms with E-state index in [1.165, 1.54) is 11.8 Å². The highest BCUT2D eigenvalue weighted by atomic mass is 32.2. The lowest BCUT2D eigenvalue weighted by atomic mass is 9.96. The number of benzene rings is 3. The van der Waals surface area contributed by atoms with Gasteiger partial charge in [0, 0.05) is 0 Å². The summed E-state index contributed by atoms with van der Waals surface area (Å²) in [6, 6.07) is 18.2. The zero-order valence-corrected chi connectivity index (χ0v) is 15.8. The van der Waals surface area contributed by atoms with Gasteiger partial charge in [0.1, 0.15) is 0 Å². The van der Waals surface area contributed by atoms with Gasteiger partial charge in [-0.2, -0.15) is 5.01 Å². The number of fused-ring (bicyclic) bond motifs is 2. The molecule has 0 radical (unpaired) electrons. The lowest BCUT2D eigenvalue weighted by molar-refractivity contribution is -0.130. The van der Waals surface area contributed by atoms with Gasteiger partial charge in [-0.15, -0.1) is 0 Å². The summed E-state index contributed by atoms with van der Waals surface area (Å²) in [6.07, 6.45) is 2.95. The van der Waals surface area contributed by atoms with Crippen LogP contribution in [0.2, 0.25) is 0 Å². The molecule has 1 aliphatic rings. The zero-order chi connectivity index (χ0) is 19.0. The van der Waals surface area contributed by atoms with Crippen molar-refractivity contribution in [3.05, 3.63) is 77.7 Å². The van der Waals surface area contributed by atoms with Gasteiger partial charge >= 0.3 is 0 Å². The third-order valence-corrected chi connectivity index (χ3v) is 5.59. The molecule has 0 atom stereocenters. The number of carbonyl (C=O) groups is 2. The Hall–Kier alpha value is -2.96. The summed E-state index contributed by atoms with van der Waals surface area (Å²) in [5, 5.41) is 5.38. The molecular formula is C21H14N2O2S2. The van der Waals surface area contributed by atoms with Crippen molar-refractivity contribution in [3.8, 4) is 0 Å². The molecule has 1 N–H and O–H groups in total. The predicted molar refractivity (Wildman–Crippen MR) is 115 cm³/mol. The molecule has 0 bridgehead atoms. The SMILES string of the molecule is C=CC(=O)NN1C(=O)/C(=C/c2c3ccccc3cc3ccccc23)SC1=S. The van der Waals surface area contributed by atoms with Crippen molar-refractivity contribution >= 4 is 67.7 Å². The largest absolute Gasteiger partial charge is 0.285 e. The van der Waals surface area contributed by atoms with Crippen molar-refractivity contribution in [1.29, 1.82) is 0 Å². The molecule has 0 unspecified atom stereocenters. The molecular weight excluding hydrogens is 376 g/mol. The van der Waals surface area contributed by atoms with Gasteiger partial charge in [-0.1, -0.05) is 66.9 Å². The minimum atomic E-state index is -0.483. The molecule has 1 aliphatic heterocycles. The minimum Gasteiger partial charge on any atom is -0.268 e. The van der Waals surface area contributed by atoms with Crippen LogP contribution in [0, 0.1) is 0 Å². The van der Waals surface area contributed by atoms with E-state index >= 15 is 0 Å². The number of carbonyl (C=O) groups excluding carboxylic acids is 2. The van der Waals surface area contributed by atoms with Crippen LogP contribution in [0.1, 0.15) is 5.56 Å². The number of thiocarbonyl (C=S) groups is 1. The first-order valence-corrected chi connectivity index (χ1v) is 9.42. The van der Waals surface area contributed by atoms with Gasteiger partial charge in [0.15, 0.2) is 4.32 Å². The number of nitrogens with zero attached hydrogens (tertiary/aromatic N) is 1. The number of thioether (sulfide) groups is 1. The number of hydrogen-bond donors (Lipinski definition) is 1. The smallest absolute Gasteiger partial charge is 0.268 e. The minimum absolute atomic E-state index is 0.283. The third kappa shape index (κ3) is 3.13. The maximum atomic E-state index is 12.7. The molecule has 0 saturated carbocycles. The van der Waals surface area contributed by atoms with E-state index in [2.05, 4.69) is 30.2 Å². The molecule has 0 aliphatic carbocycles. The fourth-order valence-electron chi connectivity index (χ4n) is 3.06. The Morgan fingerprint density at radius 3 is 2.26 bits per heavy atom. The van der Waals surface area contributed by atoms with E-state index < -0.39 is 5.91 Å². The predicted octanol–water partition coefficient (Wildman–Crippen LogP) is 4.41. The Kier molecular flexibility index (Phi) is 4.51. The van der Waals surface area contributed by atoms with E-state index in [1.54, 1.807) is 0 Å². The van der Waals surface area contributed by atoms with Crippen molar-refractivity contribution in [1.82, 2.24) is 10.4 Å². The molecule has 0 spiro atoms. The Morgan fingerprint density at radius 1 is 1.07 bits per heavy atom. The topological polar surface area (TPSA) is 49.4 Å². The molecule has 1 fully saturated rings. The van der Waals surface area contributed by atoms with E-state index in [0.717, 1.165) is 38.2 Å². The second kappa shape index (κ2) is 6.98. The van der Waals surface area contributed by atoms with E-state index in [-0.39, 0.29) is 10.2 Å². The number of hydrazine groups is 1. The van der Waals surface area contributed by atoms with Gasteiger partial charge in [-0.3, -0.25) is 15.0 Å². The molecule has 1 heterocycles. The molecule has 4 nitrogen and oxygen atoms in total. The molecule has 2 amide bonds. The van der Waals surface area contributed by atoms with Crippen molar-refractivity contribution < 1.29 is 9.59 Å². The van der Waals surface area contributed by atoms with Gasteiger partial charge in [0.05, 0.1) is 4.91 Å². The second-order valence-electron chi connectivity index (χ2n) is 5.93. The maximum absolute atomic E-state index is 12.7. The maximum Gasteiger partial charge on any atom is 0.285 e. The van der Waals surface area contributed by atoms with Gasteiger partial charge in [-0.05, 0) is 57.5 Å². The monoisotopic (exact) mass is 390 g/mol. The van der Waals surface area contributed by atoms with Gasteiger partial charge in [0.25, 0.3) is 11.8 Å². The highest BCUT2D eigenvalue weighted by Crippen LogP contribution is 2.35. The molecule has 3 aromatic carbocycles. The lowest BCUT2D eigenvalue weighted by Gasteiger charge is -2.13. The number of amides is 2. The summed E-state index contributed by atoms with van der Waals surface area (Å²) >= 11 is 6.41. The van der Waals surface area contributed by atoms with Crippen LogP contribution >= 0.6 is 24.0 Å². The van der Waals surface area contributed by atoms with Gasteiger partial charge in [0.2, 0.25) is 0 Å². The summed E-state index contributed by atoms with van der Waals surface area (Å²) in [4.78, 5) is 24.8. The van der Waals surface area contributed by atoms with Crippen molar-refractivity contribution in [3.63, 3.8) is 0 Å². The first kappa shape index (κ1) is 17.5. The fourth-order valence-corrected chi connectivity index (χ4v) is 4.22. The fraction of sp³-hybridized carbons (Fsp3) is 0. The van der Waals surface area contributed by atoms with Crippen LogP contribution in [0.15, 0.2) is 72.2 Å². The molecule has 1 saturated heterocycles. The summed E-state index contributed by atoms with van der Waals surface area (Å²) in [7, 11) is 0. The Labute approximate surface area is 165 Å². The van der Waals surface area contributed by atoms with E-state index in [4.69, 9.17) is 12.2 Å². The summed E-state index contributed by atoms with van der Waals surface area (Å²) in [5.41, 5.74) is 3.40. The highest BCUT2D eigenvalue weighted by Gasteiger charge is 2.33. The number of rotatable bonds is 3. The van der Waals surface area contributed by atoms with Crippen molar-refractivity contribution in [2.75, 3.05) is 0 Å². The van der Waals surface area contributed by atoms with Gasteiger partial charge in [-0.25, -0.2) is 0 Å². The molecule has 4 rings (SSSR count). The lowest BCUT2D eigenvalue weighted by Crippen LogP contribution is -2.44. The van der Waals surface area contributed by atoms with Crippen LogP contribution in [-0.2, 0) is 9.59 Å². The van der Waals surface area contributed by atoms with Crippen LogP contribution in [0.4, 0.5) is 0 Å². The number of nitrogens with one attached hydrogen (secondary N) is 1. The first-order valence-electron chi connectivity index (χ1n) is 8.20.